The highest BCUT2D eigenvalue weighted by Crippen LogP contribution is 2.33. The Morgan fingerprint density at radius 2 is 1.24 bits per heavy atom. The third-order valence-electron chi connectivity index (χ3n) is 5.66. The van der Waals surface area contributed by atoms with E-state index >= 15 is 0 Å². The highest BCUT2D eigenvalue weighted by Gasteiger charge is 2.22. The molecule has 0 aliphatic carbocycles. The van der Waals surface area contributed by atoms with E-state index < -0.39 is 5.25 Å². The van der Waals surface area contributed by atoms with Crippen molar-refractivity contribution in [1.82, 2.24) is 15.2 Å². The van der Waals surface area contributed by atoms with E-state index in [1.54, 1.807) is 45.6 Å². The first-order valence-electron chi connectivity index (χ1n) is 11.7. The summed E-state index contributed by atoms with van der Waals surface area (Å²) >= 11 is 1.28. The summed E-state index contributed by atoms with van der Waals surface area (Å²) < 4.78 is 15.8. The fourth-order valence-corrected chi connectivity index (χ4v) is 4.42. The van der Waals surface area contributed by atoms with Crippen LogP contribution >= 0.6 is 11.8 Å². The van der Waals surface area contributed by atoms with Crippen LogP contribution in [0.1, 0.15) is 13.3 Å². The second kappa shape index (κ2) is 12.2. The van der Waals surface area contributed by atoms with Gasteiger partial charge in [-0.15, -0.1) is 10.2 Å². The van der Waals surface area contributed by atoms with Gasteiger partial charge in [0.25, 0.3) is 0 Å². The average molecular weight is 517 g/mol. The average Bonchev–Trinajstić information content (AvgIpc) is 2.96. The fourth-order valence-electron chi connectivity index (χ4n) is 3.60. The third-order valence-corrected chi connectivity index (χ3v) is 6.88. The van der Waals surface area contributed by atoms with Crippen molar-refractivity contribution < 1.29 is 19.0 Å². The molecule has 1 N–H and O–H groups in total. The van der Waals surface area contributed by atoms with Gasteiger partial charge in [-0.05, 0) is 79.2 Å². The molecule has 4 rings (SSSR count). The Labute approximate surface area is 220 Å². The van der Waals surface area contributed by atoms with Crippen molar-refractivity contribution in [2.75, 3.05) is 26.6 Å². The van der Waals surface area contributed by atoms with Crippen molar-refractivity contribution in [1.29, 1.82) is 0 Å². The van der Waals surface area contributed by atoms with Crippen LogP contribution < -0.4 is 19.5 Å². The van der Waals surface area contributed by atoms with Crippen LogP contribution in [0.2, 0.25) is 0 Å². The second-order valence-corrected chi connectivity index (χ2v) is 9.15. The smallest absolute Gasteiger partial charge is 0.237 e. The van der Waals surface area contributed by atoms with Crippen LogP contribution in [0.4, 0.5) is 5.69 Å². The van der Waals surface area contributed by atoms with E-state index in [2.05, 4.69) is 15.5 Å². The van der Waals surface area contributed by atoms with Crippen molar-refractivity contribution >= 4 is 23.4 Å². The number of hydrogen-bond donors (Lipinski definition) is 1. The van der Waals surface area contributed by atoms with Gasteiger partial charge in [-0.2, -0.15) is 0 Å². The molecule has 1 amide bonds. The Kier molecular flexibility index (Phi) is 8.58. The van der Waals surface area contributed by atoms with Crippen LogP contribution in [0.3, 0.4) is 0 Å². The molecule has 1 atom stereocenters. The zero-order valence-electron chi connectivity index (χ0n) is 21.1. The van der Waals surface area contributed by atoms with E-state index in [0.29, 0.717) is 28.7 Å². The monoisotopic (exact) mass is 516 g/mol. The SMILES string of the molecule is CCC(Sc1nnc(-c2ccc(OC)cc2)c(-c2ccc(OC)cc2)n1)C(=O)Nc1ccc(OC)cc1. The van der Waals surface area contributed by atoms with E-state index in [9.17, 15) is 4.79 Å². The van der Waals surface area contributed by atoms with E-state index in [4.69, 9.17) is 19.2 Å². The number of methoxy groups -OCH3 is 3. The molecule has 0 spiro atoms. The van der Waals surface area contributed by atoms with Crippen LogP contribution in [-0.4, -0.2) is 47.7 Å². The summed E-state index contributed by atoms with van der Waals surface area (Å²) in [6.45, 7) is 1.95. The maximum atomic E-state index is 13.0. The minimum atomic E-state index is -0.403. The maximum absolute atomic E-state index is 13.0. The Morgan fingerprint density at radius 3 is 1.73 bits per heavy atom. The first-order chi connectivity index (χ1) is 18.0. The van der Waals surface area contributed by atoms with Crippen LogP contribution in [0.5, 0.6) is 17.2 Å². The van der Waals surface area contributed by atoms with Gasteiger partial charge in [0.05, 0.1) is 26.6 Å². The number of amides is 1. The molecule has 0 aliphatic rings. The number of ether oxygens (including phenoxy) is 3. The summed E-state index contributed by atoms with van der Waals surface area (Å²) in [5.41, 5.74) is 3.70. The molecule has 0 saturated heterocycles. The molecule has 3 aromatic carbocycles. The molecule has 9 heteroatoms. The fraction of sp³-hybridized carbons (Fsp3) is 0.214. The molecule has 4 aromatic rings. The lowest BCUT2D eigenvalue weighted by Crippen LogP contribution is -2.25. The second-order valence-electron chi connectivity index (χ2n) is 7.98. The molecule has 0 aliphatic heterocycles. The lowest BCUT2D eigenvalue weighted by atomic mass is 10.0. The summed E-state index contributed by atoms with van der Waals surface area (Å²) in [5.74, 6) is 2.08. The Bertz CT molecular complexity index is 1330. The highest BCUT2D eigenvalue weighted by molar-refractivity contribution is 8.00. The summed E-state index contributed by atoms with van der Waals surface area (Å²) in [4.78, 5) is 17.8. The van der Waals surface area contributed by atoms with Gasteiger partial charge in [0.1, 0.15) is 28.6 Å². The first-order valence-corrected chi connectivity index (χ1v) is 12.6. The number of nitrogens with zero attached hydrogens (tertiary/aromatic N) is 3. The van der Waals surface area contributed by atoms with Gasteiger partial charge in [-0.3, -0.25) is 4.79 Å². The number of nitrogens with one attached hydrogen (secondary N) is 1. The zero-order chi connectivity index (χ0) is 26.2. The third kappa shape index (κ3) is 6.37. The number of hydrogen-bond acceptors (Lipinski definition) is 8. The molecule has 1 unspecified atom stereocenters. The van der Waals surface area contributed by atoms with Gasteiger partial charge in [0.2, 0.25) is 11.1 Å². The van der Waals surface area contributed by atoms with Crippen molar-refractivity contribution in [2.45, 2.75) is 23.8 Å². The maximum Gasteiger partial charge on any atom is 0.237 e. The molecule has 37 heavy (non-hydrogen) atoms. The van der Waals surface area contributed by atoms with Gasteiger partial charge in [0.15, 0.2) is 0 Å². The quantitative estimate of drug-likeness (QED) is 0.267. The van der Waals surface area contributed by atoms with E-state index in [0.717, 1.165) is 28.4 Å². The zero-order valence-corrected chi connectivity index (χ0v) is 21.9. The molecule has 8 nitrogen and oxygen atoms in total. The normalized spacial score (nSPS) is 11.5. The first kappa shape index (κ1) is 26.0. The van der Waals surface area contributed by atoms with Crippen LogP contribution in [0.25, 0.3) is 22.5 Å². The predicted molar refractivity (Wildman–Crippen MR) is 145 cm³/mol. The molecule has 0 fully saturated rings. The molecule has 1 heterocycles. The van der Waals surface area contributed by atoms with Gasteiger partial charge < -0.3 is 19.5 Å². The molecule has 190 valence electrons. The molecule has 1 aromatic heterocycles. The number of anilines is 1. The topological polar surface area (TPSA) is 95.5 Å². The largest absolute Gasteiger partial charge is 0.497 e. The van der Waals surface area contributed by atoms with Gasteiger partial charge in [-0.25, -0.2) is 4.98 Å². The lowest BCUT2D eigenvalue weighted by molar-refractivity contribution is -0.115. The summed E-state index contributed by atoms with van der Waals surface area (Å²) in [7, 11) is 4.85. The van der Waals surface area contributed by atoms with Gasteiger partial charge in [0, 0.05) is 16.8 Å². The molecular weight excluding hydrogens is 488 g/mol. The highest BCUT2D eigenvalue weighted by atomic mass is 32.2. The van der Waals surface area contributed by atoms with Crippen molar-refractivity contribution in [3.05, 3.63) is 72.8 Å². The minimum Gasteiger partial charge on any atom is -0.497 e. The Balaban J connectivity index is 1.62. The number of aromatic nitrogens is 3. The van der Waals surface area contributed by atoms with E-state index in [-0.39, 0.29) is 5.91 Å². The molecule has 0 saturated carbocycles. The Morgan fingerprint density at radius 1 is 0.757 bits per heavy atom. The van der Waals surface area contributed by atoms with E-state index in [1.165, 1.54) is 11.8 Å². The number of thioether (sulfide) groups is 1. The van der Waals surface area contributed by atoms with Gasteiger partial charge in [-0.1, -0.05) is 18.7 Å². The van der Waals surface area contributed by atoms with E-state index in [1.807, 2.05) is 55.5 Å². The number of rotatable bonds is 10. The lowest BCUT2D eigenvalue weighted by Gasteiger charge is -2.15. The minimum absolute atomic E-state index is 0.133. The standard InChI is InChI=1S/C28H28N4O4S/c1-5-24(27(33)29-20-10-16-23(36-4)17-11-20)37-28-30-25(18-6-12-21(34-2)13-7-18)26(31-32-28)19-8-14-22(35-3)15-9-19/h6-17,24H,5H2,1-4H3,(H,29,33). The summed E-state index contributed by atoms with van der Waals surface area (Å²) in [5, 5.41) is 11.9. The van der Waals surface area contributed by atoms with Crippen LogP contribution in [-0.2, 0) is 4.79 Å². The molecular formula is C28H28N4O4S. The van der Waals surface area contributed by atoms with Crippen molar-refractivity contribution in [3.63, 3.8) is 0 Å². The summed E-state index contributed by atoms with van der Waals surface area (Å²) in [6, 6.07) is 22.4. The Hall–Kier alpha value is -4.11. The molecule has 0 radical (unpaired) electrons. The number of carbonyl (C=O) groups excluding carboxylic acids is 1. The van der Waals surface area contributed by atoms with Crippen LogP contribution in [0.15, 0.2) is 78.0 Å². The number of carbonyl (C=O) groups is 1. The van der Waals surface area contributed by atoms with Crippen LogP contribution in [0, 0.1) is 0 Å². The number of benzene rings is 3. The predicted octanol–water partition coefficient (Wildman–Crippen LogP) is 5.74. The van der Waals surface area contributed by atoms with Gasteiger partial charge >= 0.3 is 0 Å². The summed E-state index contributed by atoms with van der Waals surface area (Å²) in [6.07, 6.45) is 0.591. The molecule has 0 bridgehead atoms. The van der Waals surface area contributed by atoms with Crippen molar-refractivity contribution in [3.8, 4) is 39.8 Å². The van der Waals surface area contributed by atoms with Crippen molar-refractivity contribution in [2.24, 2.45) is 0 Å².